The Morgan fingerprint density at radius 1 is 1.70 bits per heavy atom. The van der Waals surface area contributed by atoms with Crippen molar-refractivity contribution in [2.24, 2.45) is 0 Å². The minimum Gasteiger partial charge on any atom is -0.514 e. The molecule has 0 amide bonds. The molecule has 0 saturated carbocycles. The van der Waals surface area contributed by atoms with Gasteiger partial charge in [0.05, 0.1) is 5.76 Å². The van der Waals surface area contributed by atoms with E-state index in [1.165, 1.54) is 0 Å². The first-order chi connectivity index (χ1) is 3.50. The van der Waals surface area contributed by atoms with Crippen molar-refractivity contribution in [2.75, 3.05) is 0 Å². The van der Waals surface area contributed by atoms with E-state index in [1.807, 2.05) is 0 Å². The number of hydrogen-bond acceptors (Lipinski definition) is 2. The van der Waals surface area contributed by atoms with Crippen molar-refractivity contribution in [3.63, 3.8) is 0 Å². The van der Waals surface area contributed by atoms with Crippen molar-refractivity contribution in [3.05, 3.63) is 26.3 Å². The van der Waals surface area contributed by atoms with Crippen LogP contribution in [0.3, 0.4) is 0 Å². The molecule has 0 aliphatic heterocycles. The summed E-state index contributed by atoms with van der Waals surface area (Å²) < 4.78 is 0. The fraction of sp³-hybridized carbons (Fsp3) is 0.333. The number of rotatable bonds is 2. The van der Waals surface area contributed by atoms with Crippen LogP contribution in [0.15, 0.2) is 12.3 Å². The molecule has 0 saturated heterocycles. The minimum atomic E-state index is -0.708. The number of nitrogens with one attached hydrogen (secondary N) is 1. The quantitative estimate of drug-likeness (QED) is 0.549. The van der Waals surface area contributed by atoms with Crippen molar-refractivity contribution in [1.29, 1.82) is 0 Å². The summed E-state index contributed by atoms with van der Waals surface area (Å²) in [4.78, 5) is 0. The molecule has 0 spiro atoms. The van der Waals surface area contributed by atoms with Gasteiger partial charge in [0.1, 0.15) is 0 Å². The molecular weight excluding hydrogens is 375 g/mol. The fourth-order valence-electron chi connectivity index (χ4n) is 0.102. The zero-order valence-corrected chi connectivity index (χ0v) is 11.8. The van der Waals surface area contributed by atoms with Crippen LogP contribution >= 0.6 is 0 Å². The molecule has 2 nitrogen and oxygen atoms in total. The molecule has 2 N–H and O–H groups in total. The van der Waals surface area contributed by atoms with Crippen molar-refractivity contribution < 1.29 is 58.9 Å². The summed E-state index contributed by atoms with van der Waals surface area (Å²) in [5.74, 6) is -0.00694. The van der Waals surface area contributed by atoms with E-state index < -0.39 is 5.54 Å². The molecule has 0 aromatic rings. The van der Waals surface area contributed by atoms with Gasteiger partial charge in [-0.15, -0.1) is 0 Å². The van der Waals surface area contributed by atoms with Gasteiger partial charge in [-0.05, 0) is 0 Å². The predicted molar refractivity (Wildman–Crippen MR) is 34.0 cm³/mol. The third-order valence-corrected chi connectivity index (χ3v) is 1.03. The molecule has 0 heterocycles. The normalized spacial score (nSPS) is 13.9. The molecule has 1 radical (unpaired) electrons. The van der Waals surface area contributed by atoms with Crippen molar-refractivity contribution in [1.82, 2.24) is 5.32 Å². The molecule has 4 heteroatoms. The smallest absolute Gasteiger partial charge is 0.514 e. The van der Waals surface area contributed by atoms with Gasteiger partial charge in [0, 0.05) is 32.7 Å². The standard InChI is InChI=1S/C6H11NO.W.Y/c1-5(8)6(2,3)7-4;;/h7-8H,1-2,4H2,3H3;;/q-2;+2;. The van der Waals surface area contributed by atoms with Crippen LogP contribution in [0.5, 0.6) is 0 Å². The third-order valence-electron chi connectivity index (χ3n) is 1.03. The first-order valence-corrected chi connectivity index (χ1v) is 2.28. The average molecular weight is 386 g/mol. The molecule has 1 unspecified atom stereocenters. The molecule has 0 rings (SSSR count). The van der Waals surface area contributed by atoms with E-state index in [-0.39, 0.29) is 59.5 Å². The molecule has 10 heavy (non-hydrogen) atoms. The van der Waals surface area contributed by atoms with Crippen LogP contribution in [-0.4, -0.2) is 10.6 Å². The molecular formula is C6H11NOWY. The van der Waals surface area contributed by atoms with Crippen LogP contribution in [0.1, 0.15) is 6.92 Å². The van der Waals surface area contributed by atoms with Crippen LogP contribution in [0.4, 0.5) is 0 Å². The minimum absolute atomic E-state index is 0. The van der Waals surface area contributed by atoms with Crippen molar-refractivity contribution in [2.45, 2.75) is 12.5 Å². The molecule has 0 aromatic heterocycles. The summed E-state index contributed by atoms with van der Waals surface area (Å²) in [5.41, 5.74) is -0.708. The maximum Gasteiger partial charge on any atom is 2.00 e. The van der Waals surface area contributed by atoms with Gasteiger partial charge in [0.2, 0.25) is 0 Å². The molecule has 0 aromatic carbocycles. The second-order valence-corrected chi connectivity index (χ2v) is 1.96. The van der Waals surface area contributed by atoms with Gasteiger partial charge in [-0.3, -0.25) is 7.05 Å². The molecule has 0 aliphatic carbocycles. The summed E-state index contributed by atoms with van der Waals surface area (Å²) in [6.07, 6.45) is 0. The van der Waals surface area contributed by atoms with E-state index in [4.69, 9.17) is 5.11 Å². The SMILES string of the molecule is C=C(O)C([CH2-])(C)N[CH2-].[W+2].[Y]. The Morgan fingerprint density at radius 3 is 2.00 bits per heavy atom. The Balaban J connectivity index is -0.000000245. The van der Waals surface area contributed by atoms with E-state index in [0.29, 0.717) is 0 Å². The van der Waals surface area contributed by atoms with Crippen LogP contribution < -0.4 is 5.32 Å². The Bertz CT molecular complexity index is 106. The Labute approximate surface area is 102 Å². The average Bonchev–Trinajstić information content (AvgIpc) is 1.67. The first kappa shape index (κ1) is 17.4. The number of hydrogen-bond donors (Lipinski definition) is 2. The number of aliphatic hydroxyl groups excluding tert-OH is 1. The van der Waals surface area contributed by atoms with Gasteiger partial charge in [-0.1, -0.05) is 19.0 Å². The van der Waals surface area contributed by atoms with E-state index >= 15 is 0 Å². The molecule has 1 atom stereocenters. The maximum atomic E-state index is 8.72. The molecule has 0 bridgehead atoms. The van der Waals surface area contributed by atoms with E-state index in [2.05, 4.69) is 25.9 Å². The largest absolute Gasteiger partial charge is 2.00 e. The van der Waals surface area contributed by atoms with Gasteiger partial charge >= 0.3 is 21.1 Å². The zero-order valence-electron chi connectivity index (χ0n) is 6.05. The second-order valence-electron chi connectivity index (χ2n) is 1.96. The fourth-order valence-corrected chi connectivity index (χ4v) is 0.102. The van der Waals surface area contributed by atoms with E-state index in [1.54, 1.807) is 6.92 Å². The Kier molecular flexibility index (Phi) is 12.1. The summed E-state index contributed by atoms with van der Waals surface area (Å²) in [6.45, 7) is 8.54. The topological polar surface area (TPSA) is 32.3 Å². The first-order valence-electron chi connectivity index (χ1n) is 2.28. The van der Waals surface area contributed by atoms with Gasteiger partial charge in [0.25, 0.3) is 0 Å². The summed E-state index contributed by atoms with van der Waals surface area (Å²) in [6, 6.07) is 0. The van der Waals surface area contributed by atoms with Crippen LogP contribution in [-0.2, 0) is 53.8 Å². The van der Waals surface area contributed by atoms with Gasteiger partial charge in [-0.25, -0.2) is 0 Å². The van der Waals surface area contributed by atoms with Crippen LogP contribution in [0, 0.1) is 14.0 Å². The van der Waals surface area contributed by atoms with Gasteiger partial charge < -0.3 is 17.3 Å². The molecule has 55 valence electrons. The van der Waals surface area contributed by atoms with Crippen molar-refractivity contribution in [3.8, 4) is 0 Å². The van der Waals surface area contributed by atoms with Crippen molar-refractivity contribution >= 4 is 0 Å². The summed E-state index contributed by atoms with van der Waals surface area (Å²) in [7, 11) is 3.35. The van der Waals surface area contributed by atoms with Gasteiger partial charge in [-0.2, -0.15) is 0 Å². The molecule has 0 aliphatic rings. The van der Waals surface area contributed by atoms with E-state index in [0.717, 1.165) is 0 Å². The Morgan fingerprint density at radius 2 is 2.00 bits per heavy atom. The summed E-state index contributed by atoms with van der Waals surface area (Å²) >= 11 is 0. The third kappa shape index (κ3) is 6.03. The molecule has 0 fully saturated rings. The predicted octanol–water partition coefficient (Wildman–Crippen LogP) is 1.03. The monoisotopic (exact) mass is 386 g/mol. The second kappa shape index (κ2) is 6.97. The zero-order chi connectivity index (χ0) is 6.78. The Hall–Kier alpha value is 1.29. The summed E-state index contributed by atoms with van der Waals surface area (Å²) in [5, 5.41) is 11.3. The van der Waals surface area contributed by atoms with Crippen LogP contribution in [0.2, 0.25) is 0 Å². The van der Waals surface area contributed by atoms with Crippen LogP contribution in [0.25, 0.3) is 0 Å². The van der Waals surface area contributed by atoms with Gasteiger partial charge in [0.15, 0.2) is 0 Å². The maximum absolute atomic E-state index is 8.72. The van der Waals surface area contributed by atoms with E-state index in [9.17, 15) is 0 Å². The number of aliphatic hydroxyl groups is 1.